The SMILES string of the molecule is CC=CCC(C)C(=O)CC. The summed E-state index contributed by atoms with van der Waals surface area (Å²) in [6.45, 7) is 5.86. The molecule has 0 amide bonds. The molecule has 1 atom stereocenters. The smallest absolute Gasteiger partial charge is 0.135 e. The van der Waals surface area contributed by atoms with Crippen LogP contribution >= 0.6 is 0 Å². The Balaban J connectivity index is 3.61. The van der Waals surface area contributed by atoms with Gasteiger partial charge in [-0.15, -0.1) is 0 Å². The number of carbonyl (C=O) groups excluding carboxylic acids is 1. The van der Waals surface area contributed by atoms with E-state index >= 15 is 0 Å². The third kappa shape index (κ3) is 3.44. The van der Waals surface area contributed by atoms with Crippen molar-refractivity contribution in [1.29, 1.82) is 0 Å². The number of hydrogen-bond acceptors (Lipinski definition) is 1. The molecule has 0 radical (unpaired) electrons. The molecule has 0 saturated carbocycles. The quantitative estimate of drug-likeness (QED) is 0.548. The van der Waals surface area contributed by atoms with Gasteiger partial charge < -0.3 is 0 Å². The van der Waals surface area contributed by atoms with Gasteiger partial charge in [0.2, 0.25) is 0 Å². The van der Waals surface area contributed by atoms with E-state index in [1.807, 2.05) is 32.9 Å². The molecule has 0 fully saturated rings. The maximum Gasteiger partial charge on any atom is 0.135 e. The van der Waals surface area contributed by atoms with Crippen LogP contribution in [0.5, 0.6) is 0 Å². The zero-order chi connectivity index (χ0) is 7.98. The van der Waals surface area contributed by atoms with Crippen molar-refractivity contribution in [3.05, 3.63) is 12.2 Å². The molecule has 0 aliphatic rings. The van der Waals surface area contributed by atoms with Crippen LogP contribution in [0.25, 0.3) is 0 Å². The van der Waals surface area contributed by atoms with Crippen LogP contribution in [0, 0.1) is 5.92 Å². The van der Waals surface area contributed by atoms with Crippen molar-refractivity contribution in [1.82, 2.24) is 0 Å². The highest BCUT2D eigenvalue weighted by molar-refractivity contribution is 5.80. The Hall–Kier alpha value is -0.590. The van der Waals surface area contributed by atoms with E-state index < -0.39 is 0 Å². The zero-order valence-electron chi connectivity index (χ0n) is 7.05. The number of allylic oxidation sites excluding steroid dienone is 2. The van der Waals surface area contributed by atoms with Crippen LogP contribution in [0.15, 0.2) is 12.2 Å². The molecule has 1 heteroatoms. The van der Waals surface area contributed by atoms with Crippen molar-refractivity contribution in [3.63, 3.8) is 0 Å². The van der Waals surface area contributed by atoms with Crippen molar-refractivity contribution >= 4 is 5.78 Å². The molecule has 0 bridgehead atoms. The van der Waals surface area contributed by atoms with Crippen LogP contribution < -0.4 is 0 Å². The first-order chi connectivity index (χ1) is 4.72. The molecule has 1 unspecified atom stereocenters. The zero-order valence-corrected chi connectivity index (χ0v) is 7.05. The molecule has 0 aliphatic carbocycles. The van der Waals surface area contributed by atoms with Gasteiger partial charge in [-0.2, -0.15) is 0 Å². The Labute approximate surface area is 63.1 Å². The summed E-state index contributed by atoms with van der Waals surface area (Å²) in [7, 11) is 0. The summed E-state index contributed by atoms with van der Waals surface area (Å²) < 4.78 is 0. The Bertz CT molecular complexity index is 125. The minimum absolute atomic E-state index is 0.209. The van der Waals surface area contributed by atoms with Crippen LogP contribution in [-0.2, 0) is 4.79 Å². The Kier molecular flexibility index (Phi) is 4.91. The molecule has 1 nitrogen and oxygen atoms in total. The van der Waals surface area contributed by atoms with Crippen molar-refractivity contribution in [2.75, 3.05) is 0 Å². The summed E-state index contributed by atoms with van der Waals surface area (Å²) in [4.78, 5) is 11.0. The second-order valence-corrected chi connectivity index (χ2v) is 2.53. The summed E-state index contributed by atoms with van der Waals surface area (Å²) in [5, 5.41) is 0. The van der Waals surface area contributed by atoms with E-state index in [9.17, 15) is 4.79 Å². The molecule has 0 N–H and O–H groups in total. The number of carbonyl (C=O) groups is 1. The molecule has 0 aromatic rings. The topological polar surface area (TPSA) is 17.1 Å². The summed E-state index contributed by atoms with van der Waals surface area (Å²) in [6, 6.07) is 0. The molecule has 0 aliphatic heterocycles. The van der Waals surface area contributed by atoms with Gasteiger partial charge >= 0.3 is 0 Å². The summed E-state index contributed by atoms with van der Waals surface area (Å²) in [5.41, 5.74) is 0. The van der Waals surface area contributed by atoms with E-state index in [0.29, 0.717) is 12.2 Å². The van der Waals surface area contributed by atoms with Gasteiger partial charge in [0, 0.05) is 12.3 Å². The first kappa shape index (κ1) is 9.41. The highest BCUT2D eigenvalue weighted by Gasteiger charge is 2.06. The first-order valence-corrected chi connectivity index (χ1v) is 3.86. The van der Waals surface area contributed by atoms with E-state index in [4.69, 9.17) is 0 Å². The van der Waals surface area contributed by atoms with E-state index in [-0.39, 0.29) is 5.92 Å². The minimum atomic E-state index is 0.209. The fraction of sp³-hybridized carbons (Fsp3) is 0.667. The monoisotopic (exact) mass is 140 g/mol. The van der Waals surface area contributed by atoms with Gasteiger partial charge in [-0.25, -0.2) is 0 Å². The van der Waals surface area contributed by atoms with Gasteiger partial charge in [0.25, 0.3) is 0 Å². The van der Waals surface area contributed by atoms with Gasteiger partial charge in [0.05, 0.1) is 0 Å². The Morgan fingerprint density at radius 1 is 1.60 bits per heavy atom. The highest BCUT2D eigenvalue weighted by Crippen LogP contribution is 2.05. The lowest BCUT2D eigenvalue weighted by molar-refractivity contribution is -0.121. The lowest BCUT2D eigenvalue weighted by Crippen LogP contribution is -2.07. The predicted octanol–water partition coefficient (Wildman–Crippen LogP) is 2.57. The van der Waals surface area contributed by atoms with Crippen LogP contribution in [0.1, 0.15) is 33.6 Å². The maximum absolute atomic E-state index is 11.0. The first-order valence-electron chi connectivity index (χ1n) is 3.86. The van der Waals surface area contributed by atoms with E-state index in [0.717, 1.165) is 6.42 Å². The molecule has 0 saturated heterocycles. The van der Waals surface area contributed by atoms with Crippen molar-refractivity contribution in [2.45, 2.75) is 33.6 Å². The third-order valence-electron chi connectivity index (χ3n) is 1.62. The molecule has 0 aromatic carbocycles. The fourth-order valence-electron chi connectivity index (χ4n) is 0.820. The van der Waals surface area contributed by atoms with Crippen LogP contribution in [0.3, 0.4) is 0 Å². The van der Waals surface area contributed by atoms with Gasteiger partial charge in [0.1, 0.15) is 5.78 Å². The lowest BCUT2D eigenvalue weighted by Gasteiger charge is -2.03. The molecule has 0 aromatic heterocycles. The molecule has 10 heavy (non-hydrogen) atoms. The Morgan fingerprint density at radius 2 is 2.20 bits per heavy atom. The molecule has 0 heterocycles. The number of hydrogen-bond donors (Lipinski definition) is 0. The number of Topliss-reactive ketones (excluding diaryl/α,β-unsaturated/α-hetero) is 1. The van der Waals surface area contributed by atoms with Crippen molar-refractivity contribution in [2.24, 2.45) is 5.92 Å². The van der Waals surface area contributed by atoms with Gasteiger partial charge in [-0.1, -0.05) is 26.0 Å². The molecular weight excluding hydrogens is 124 g/mol. The normalized spacial score (nSPS) is 13.9. The molecule has 0 rings (SSSR count). The molecule has 58 valence electrons. The fourth-order valence-corrected chi connectivity index (χ4v) is 0.820. The third-order valence-corrected chi connectivity index (χ3v) is 1.62. The Morgan fingerprint density at radius 3 is 2.60 bits per heavy atom. The van der Waals surface area contributed by atoms with Gasteiger partial charge in [-0.3, -0.25) is 4.79 Å². The largest absolute Gasteiger partial charge is 0.299 e. The van der Waals surface area contributed by atoms with Crippen molar-refractivity contribution < 1.29 is 4.79 Å². The number of rotatable bonds is 4. The average Bonchev–Trinajstić information content (AvgIpc) is 1.98. The second kappa shape index (κ2) is 5.21. The summed E-state index contributed by atoms with van der Waals surface area (Å²) in [5.74, 6) is 0.569. The standard InChI is InChI=1S/C9H16O/c1-4-6-7-8(3)9(10)5-2/h4,6,8H,5,7H2,1-3H3. The highest BCUT2D eigenvalue weighted by atomic mass is 16.1. The van der Waals surface area contributed by atoms with E-state index in [1.165, 1.54) is 0 Å². The summed E-state index contributed by atoms with van der Waals surface area (Å²) >= 11 is 0. The molecular formula is C9H16O. The van der Waals surface area contributed by atoms with Gasteiger partial charge in [0.15, 0.2) is 0 Å². The average molecular weight is 140 g/mol. The summed E-state index contributed by atoms with van der Waals surface area (Å²) in [6.07, 6.45) is 5.58. The van der Waals surface area contributed by atoms with Crippen LogP contribution in [-0.4, -0.2) is 5.78 Å². The molecule has 0 spiro atoms. The van der Waals surface area contributed by atoms with Crippen LogP contribution in [0.4, 0.5) is 0 Å². The van der Waals surface area contributed by atoms with Crippen molar-refractivity contribution in [3.8, 4) is 0 Å². The number of ketones is 1. The van der Waals surface area contributed by atoms with Gasteiger partial charge in [-0.05, 0) is 13.3 Å². The maximum atomic E-state index is 11.0. The van der Waals surface area contributed by atoms with Crippen LogP contribution in [0.2, 0.25) is 0 Å². The lowest BCUT2D eigenvalue weighted by atomic mass is 10.0. The van der Waals surface area contributed by atoms with E-state index in [2.05, 4.69) is 0 Å². The minimum Gasteiger partial charge on any atom is -0.299 e. The predicted molar refractivity (Wildman–Crippen MR) is 43.9 cm³/mol. The van der Waals surface area contributed by atoms with E-state index in [1.54, 1.807) is 0 Å². The second-order valence-electron chi connectivity index (χ2n) is 2.53.